The van der Waals surface area contributed by atoms with E-state index in [1.165, 1.54) is 30.3 Å². The summed E-state index contributed by atoms with van der Waals surface area (Å²) in [7, 11) is 0. The summed E-state index contributed by atoms with van der Waals surface area (Å²) in [5, 5.41) is 0. The van der Waals surface area contributed by atoms with Gasteiger partial charge in [-0.1, -0.05) is 60.2 Å². The van der Waals surface area contributed by atoms with E-state index < -0.39 is 52.7 Å². The van der Waals surface area contributed by atoms with Gasteiger partial charge in [0.25, 0.3) is 0 Å². The first kappa shape index (κ1) is 20.6. The number of fused-ring (bicyclic) bond motifs is 3. The summed E-state index contributed by atoms with van der Waals surface area (Å²) in [4.78, 5) is 55.6. The fraction of sp³-hybridized carbons (Fsp3) is 0.185. The summed E-state index contributed by atoms with van der Waals surface area (Å²) in [5.41, 5.74) is -0.198. The molecule has 34 heavy (non-hydrogen) atoms. The number of hydrogen-bond donors (Lipinski definition) is 0. The van der Waals surface area contributed by atoms with Crippen LogP contribution in [0.4, 0.5) is 10.1 Å². The highest BCUT2D eigenvalue weighted by atomic mass is 19.1. The molecule has 0 radical (unpaired) electrons. The van der Waals surface area contributed by atoms with E-state index in [1.54, 1.807) is 24.3 Å². The molecule has 0 bridgehead atoms. The second-order valence-electron chi connectivity index (χ2n) is 8.88. The molecule has 0 aromatic heterocycles. The molecule has 2 aliphatic heterocycles. The zero-order valence-electron chi connectivity index (χ0n) is 18.0. The molecule has 1 aliphatic carbocycles. The van der Waals surface area contributed by atoms with Gasteiger partial charge in [0, 0.05) is 11.1 Å². The third-order valence-electron chi connectivity index (χ3n) is 6.99. The number of Topliss-reactive ketones (excluding diaryl/α,β-unsaturated/α-hetero) is 2. The monoisotopic (exact) mass is 455 g/mol. The second kappa shape index (κ2) is 7.01. The Hall–Kier alpha value is -3.97. The van der Waals surface area contributed by atoms with Gasteiger partial charge in [0.2, 0.25) is 29.0 Å². The van der Waals surface area contributed by atoms with E-state index >= 15 is 0 Å². The molecule has 168 valence electrons. The van der Waals surface area contributed by atoms with Crippen molar-refractivity contribution in [2.24, 2.45) is 11.8 Å². The Kier molecular flexibility index (Phi) is 4.25. The summed E-state index contributed by atoms with van der Waals surface area (Å²) in [6.07, 6.45) is -0.997. The van der Waals surface area contributed by atoms with Gasteiger partial charge in [-0.05, 0) is 30.7 Å². The van der Waals surface area contributed by atoms with E-state index in [2.05, 4.69) is 0 Å². The normalized spacial score (nSPS) is 24.8. The van der Waals surface area contributed by atoms with E-state index in [9.17, 15) is 23.6 Å². The molecule has 1 spiro atoms. The van der Waals surface area contributed by atoms with Gasteiger partial charge in [-0.2, -0.15) is 0 Å². The molecule has 3 aliphatic rings. The van der Waals surface area contributed by atoms with Crippen LogP contribution >= 0.6 is 0 Å². The summed E-state index contributed by atoms with van der Waals surface area (Å²) >= 11 is 0. The van der Waals surface area contributed by atoms with Crippen LogP contribution in [0.3, 0.4) is 0 Å². The maximum atomic E-state index is 14.0. The zero-order valence-corrected chi connectivity index (χ0v) is 18.0. The van der Waals surface area contributed by atoms with Crippen molar-refractivity contribution in [1.29, 1.82) is 0 Å². The van der Waals surface area contributed by atoms with Crippen molar-refractivity contribution in [3.05, 3.63) is 101 Å². The Morgan fingerprint density at radius 1 is 0.824 bits per heavy atom. The molecule has 2 fully saturated rings. The van der Waals surface area contributed by atoms with Gasteiger partial charge in [0.15, 0.2) is 0 Å². The number of ketones is 2. The SMILES string of the molecule is Cc1ccc([C@@H]2OC3(C(=O)c4ccccc4C3=O)[C@@H]3C(=O)N(c4cccc(F)c4)C(=O)[C@@H]32)cc1. The standard InChI is InChI=1S/C27H18FNO5/c1-14-9-11-15(12-10-14)22-20-21(26(33)29(25(20)32)17-6-4-5-16(28)13-17)27(34-22)23(30)18-7-2-3-8-19(18)24(27)31/h2-13,20-22H,1H3/t20-,21-,22-/m0/s1. The van der Waals surface area contributed by atoms with Crippen LogP contribution in [0.25, 0.3) is 0 Å². The minimum absolute atomic E-state index is 0.0533. The van der Waals surface area contributed by atoms with Crippen LogP contribution in [0.5, 0.6) is 0 Å². The summed E-state index contributed by atoms with van der Waals surface area (Å²) < 4.78 is 20.2. The van der Waals surface area contributed by atoms with Gasteiger partial charge in [-0.25, -0.2) is 9.29 Å². The fourth-order valence-electron chi connectivity index (χ4n) is 5.44. The summed E-state index contributed by atoms with van der Waals surface area (Å²) in [6, 6.07) is 18.6. The lowest BCUT2D eigenvalue weighted by Crippen LogP contribution is -2.51. The van der Waals surface area contributed by atoms with Crippen molar-refractivity contribution in [3.63, 3.8) is 0 Å². The number of hydrogen-bond acceptors (Lipinski definition) is 5. The lowest BCUT2D eigenvalue weighted by atomic mass is 9.77. The molecule has 0 N–H and O–H groups in total. The number of imide groups is 1. The average molecular weight is 455 g/mol. The van der Waals surface area contributed by atoms with Gasteiger partial charge < -0.3 is 4.74 Å². The van der Waals surface area contributed by atoms with E-state index in [0.717, 1.165) is 16.5 Å². The van der Waals surface area contributed by atoms with Crippen molar-refractivity contribution < 1.29 is 28.3 Å². The van der Waals surface area contributed by atoms with Crippen LogP contribution in [0.15, 0.2) is 72.8 Å². The average Bonchev–Trinajstić information content (AvgIpc) is 3.40. The lowest BCUT2D eigenvalue weighted by Gasteiger charge is -2.27. The summed E-state index contributed by atoms with van der Waals surface area (Å²) in [5.74, 6) is -5.71. The molecule has 3 aromatic carbocycles. The number of amides is 2. The van der Waals surface area contributed by atoms with E-state index in [4.69, 9.17) is 4.74 Å². The number of anilines is 1. The molecule has 3 aromatic rings. The molecule has 2 heterocycles. The van der Waals surface area contributed by atoms with Gasteiger partial charge in [-0.3, -0.25) is 19.2 Å². The molecule has 6 nitrogen and oxygen atoms in total. The number of rotatable bonds is 2. The quantitative estimate of drug-likeness (QED) is 0.433. The highest BCUT2D eigenvalue weighted by molar-refractivity contribution is 6.37. The number of nitrogens with zero attached hydrogens (tertiary/aromatic N) is 1. The predicted molar refractivity (Wildman–Crippen MR) is 119 cm³/mol. The van der Waals surface area contributed by atoms with E-state index in [0.29, 0.717) is 5.56 Å². The van der Waals surface area contributed by atoms with Crippen molar-refractivity contribution in [2.45, 2.75) is 18.6 Å². The van der Waals surface area contributed by atoms with Crippen molar-refractivity contribution in [1.82, 2.24) is 0 Å². The number of benzene rings is 3. The van der Waals surface area contributed by atoms with E-state index in [1.807, 2.05) is 19.1 Å². The van der Waals surface area contributed by atoms with Crippen LogP contribution in [0.2, 0.25) is 0 Å². The third-order valence-corrected chi connectivity index (χ3v) is 6.99. The molecule has 0 unspecified atom stereocenters. The maximum Gasteiger partial charge on any atom is 0.241 e. The largest absolute Gasteiger partial charge is 0.349 e. The van der Waals surface area contributed by atoms with Gasteiger partial charge in [-0.15, -0.1) is 0 Å². The minimum Gasteiger partial charge on any atom is -0.349 e. The molecule has 0 saturated carbocycles. The maximum absolute atomic E-state index is 14.0. The molecule has 6 rings (SSSR count). The Bertz CT molecular complexity index is 1380. The summed E-state index contributed by atoms with van der Waals surface area (Å²) in [6.45, 7) is 1.90. The Morgan fingerprint density at radius 3 is 2.09 bits per heavy atom. The van der Waals surface area contributed by atoms with Crippen molar-refractivity contribution >= 4 is 29.1 Å². The number of aryl methyl sites for hydroxylation is 1. The highest BCUT2D eigenvalue weighted by Crippen LogP contribution is 2.57. The number of carbonyl (C=O) groups is 4. The predicted octanol–water partition coefficient (Wildman–Crippen LogP) is 3.83. The first-order valence-electron chi connectivity index (χ1n) is 10.9. The van der Waals surface area contributed by atoms with Gasteiger partial charge >= 0.3 is 0 Å². The van der Waals surface area contributed by atoms with Crippen LogP contribution < -0.4 is 4.90 Å². The molecule has 3 atom stereocenters. The van der Waals surface area contributed by atoms with E-state index in [-0.39, 0.29) is 16.8 Å². The Labute approximate surface area is 193 Å². The molecule has 2 saturated heterocycles. The van der Waals surface area contributed by atoms with Crippen LogP contribution in [0, 0.1) is 24.6 Å². The fourth-order valence-corrected chi connectivity index (χ4v) is 5.44. The smallest absolute Gasteiger partial charge is 0.241 e. The third kappa shape index (κ3) is 2.53. The zero-order chi connectivity index (χ0) is 23.8. The highest BCUT2D eigenvalue weighted by Gasteiger charge is 2.74. The van der Waals surface area contributed by atoms with Gasteiger partial charge in [0.1, 0.15) is 5.82 Å². The lowest BCUT2D eigenvalue weighted by molar-refractivity contribution is -0.127. The number of carbonyl (C=O) groups excluding carboxylic acids is 4. The van der Waals surface area contributed by atoms with Crippen LogP contribution in [-0.2, 0) is 14.3 Å². The van der Waals surface area contributed by atoms with Crippen molar-refractivity contribution in [2.75, 3.05) is 4.90 Å². The first-order valence-corrected chi connectivity index (χ1v) is 10.9. The molecule has 7 heteroatoms. The van der Waals surface area contributed by atoms with Crippen LogP contribution in [-0.4, -0.2) is 29.0 Å². The molecular formula is C27H18FNO5. The minimum atomic E-state index is -2.14. The molecule has 2 amide bonds. The Morgan fingerprint density at radius 2 is 1.47 bits per heavy atom. The number of halogens is 1. The first-order chi connectivity index (χ1) is 16.3. The Balaban J connectivity index is 1.55. The van der Waals surface area contributed by atoms with Crippen LogP contribution in [0.1, 0.15) is 37.9 Å². The number of ether oxygens (including phenoxy) is 1. The molecular weight excluding hydrogens is 437 g/mol. The second-order valence-corrected chi connectivity index (χ2v) is 8.88. The topological polar surface area (TPSA) is 80.8 Å². The van der Waals surface area contributed by atoms with Gasteiger partial charge in [0.05, 0.1) is 23.6 Å². The van der Waals surface area contributed by atoms with Crippen molar-refractivity contribution in [3.8, 4) is 0 Å².